The molecule has 2 rings (SSSR count). The predicted octanol–water partition coefficient (Wildman–Crippen LogP) is 2.26. The molecule has 7 nitrogen and oxygen atoms in total. The van der Waals surface area contributed by atoms with Crippen molar-refractivity contribution in [3.8, 4) is 5.75 Å². The Morgan fingerprint density at radius 1 is 1.04 bits per heavy atom. The molecule has 0 aliphatic rings. The lowest BCUT2D eigenvalue weighted by molar-refractivity contribution is 0.0954. The maximum Gasteiger partial charge on any atom is 0.262 e. The zero-order chi connectivity index (χ0) is 19.0. The van der Waals surface area contributed by atoms with Crippen LogP contribution in [-0.2, 0) is 10.0 Å². The van der Waals surface area contributed by atoms with Crippen molar-refractivity contribution in [1.82, 2.24) is 10.6 Å². The van der Waals surface area contributed by atoms with Gasteiger partial charge in [-0.2, -0.15) is 0 Å². The summed E-state index contributed by atoms with van der Waals surface area (Å²) in [5.74, 6) is 0.178. The lowest BCUT2D eigenvalue weighted by atomic mass is 10.2. The Morgan fingerprint density at radius 2 is 1.70 bits per heavy atom. The Morgan fingerprint density at radius 3 is 2.33 bits per heavy atom. The van der Waals surface area contributed by atoms with Gasteiger partial charge in [-0.05, 0) is 42.9 Å². The fourth-order valence-electron chi connectivity index (χ4n) is 2.26. The molecule has 27 heavy (non-hydrogen) atoms. The molecule has 0 aliphatic heterocycles. The van der Waals surface area contributed by atoms with Crippen LogP contribution in [0.1, 0.15) is 17.3 Å². The van der Waals surface area contributed by atoms with Gasteiger partial charge in [-0.3, -0.25) is 9.52 Å². The highest BCUT2D eigenvalue weighted by Crippen LogP contribution is 2.26. The van der Waals surface area contributed by atoms with Gasteiger partial charge in [0.2, 0.25) is 0 Å². The molecule has 0 saturated carbocycles. The molecular weight excluding hydrogens is 390 g/mol. The molecule has 0 aliphatic carbocycles. The molecule has 148 valence electrons. The number of likely N-dealkylation sites (N-methyl/N-ethyl adjacent to an activating group) is 1. The van der Waals surface area contributed by atoms with Crippen LogP contribution in [0.25, 0.3) is 0 Å². The fourth-order valence-corrected chi connectivity index (χ4v) is 3.33. The van der Waals surface area contributed by atoms with Gasteiger partial charge in [-0.25, -0.2) is 8.42 Å². The molecule has 2 aromatic carbocycles. The Bertz CT molecular complexity index is 842. The van der Waals surface area contributed by atoms with E-state index in [4.69, 9.17) is 4.74 Å². The summed E-state index contributed by atoms with van der Waals surface area (Å²) in [5.41, 5.74) is 0.748. The van der Waals surface area contributed by atoms with Crippen LogP contribution in [0.2, 0.25) is 0 Å². The summed E-state index contributed by atoms with van der Waals surface area (Å²) in [6.07, 6.45) is 0. The van der Waals surface area contributed by atoms with Crippen LogP contribution in [0, 0.1) is 0 Å². The largest absolute Gasteiger partial charge is 0.495 e. The molecule has 2 aromatic rings. The zero-order valence-corrected chi connectivity index (χ0v) is 16.8. The van der Waals surface area contributed by atoms with Crippen LogP contribution in [0.15, 0.2) is 53.4 Å². The second kappa shape index (κ2) is 10.8. The van der Waals surface area contributed by atoms with Crippen molar-refractivity contribution in [3.63, 3.8) is 0 Å². The number of ether oxygens (including phenoxy) is 1. The van der Waals surface area contributed by atoms with Gasteiger partial charge in [0.25, 0.3) is 15.9 Å². The average Bonchev–Trinajstić information content (AvgIpc) is 2.65. The van der Waals surface area contributed by atoms with Gasteiger partial charge in [0, 0.05) is 18.7 Å². The summed E-state index contributed by atoms with van der Waals surface area (Å²) in [4.78, 5) is 12.1. The number of benzene rings is 2. The van der Waals surface area contributed by atoms with Gasteiger partial charge < -0.3 is 15.4 Å². The van der Waals surface area contributed by atoms with Crippen LogP contribution in [-0.4, -0.2) is 41.1 Å². The predicted molar refractivity (Wildman–Crippen MR) is 108 cm³/mol. The number of amides is 1. The van der Waals surface area contributed by atoms with E-state index < -0.39 is 10.0 Å². The van der Waals surface area contributed by atoms with E-state index in [0.29, 0.717) is 30.1 Å². The first-order chi connectivity index (χ1) is 12.5. The number of hydrogen-bond donors (Lipinski definition) is 3. The van der Waals surface area contributed by atoms with Gasteiger partial charge in [-0.15, -0.1) is 12.4 Å². The van der Waals surface area contributed by atoms with Crippen molar-refractivity contribution in [2.45, 2.75) is 11.8 Å². The quantitative estimate of drug-likeness (QED) is 0.548. The van der Waals surface area contributed by atoms with Crippen LogP contribution in [0.3, 0.4) is 0 Å². The summed E-state index contributed by atoms with van der Waals surface area (Å²) in [6.45, 7) is 4.00. The van der Waals surface area contributed by atoms with E-state index in [2.05, 4.69) is 15.4 Å². The van der Waals surface area contributed by atoms with E-state index in [0.717, 1.165) is 6.54 Å². The standard InChI is InChI=1S/C18H23N3O4S.ClH/c1-3-19-12-13-20-18(22)14-8-10-15(11-9-14)26(23,24)21-16-6-4-5-7-17(16)25-2;/h4-11,19,21H,3,12-13H2,1-2H3,(H,20,22);1H. The monoisotopic (exact) mass is 413 g/mol. The number of methoxy groups -OCH3 is 1. The molecular formula is C18H24ClN3O4S. The molecule has 1 amide bonds. The molecule has 0 spiro atoms. The van der Waals surface area contributed by atoms with E-state index in [1.807, 2.05) is 6.92 Å². The summed E-state index contributed by atoms with van der Waals surface area (Å²) in [6, 6.07) is 12.5. The average molecular weight is 414 g/mol. The number of hydrogen-bond acceptors (Lipinski definition) is 5. The highest BCUT2D eigenvalue weighted by molar-refractivity contribution is 7.92. The number of para-hydroxylation sites is 2. The van der Waals surface area contributed by atoms with E-state index in [9.17, 15) is 13.2 Å². The fraction of sp³-hybridized carbons (Fsp3) is 0.278. The summed E-state index contributed by atoms with van der Waals surface area (Å²) in [5, 5.41) is 5.87. The first-order valence-electron chi connectivity index (χ1n) is 8.22. The van der Waals surface area contributed by atoms with E-state index in [1.165, 1.54) is 31.4 Å². The van der Waals surface area contributed by atoms with Gasteiger partial charge in [0.05, 0.1) is 17.7 Å². The molecule has 0 atom stereocenters. The third-order valence-electron chi connectivity index (χ3n) is 3.62. The summed E-state index contributed by atoms with van der Waals surface area (Å²) >= 11 is 0. The number of anilines is 1. The van der Waals surface area contributed by atoms with E-state index >= 15 is 0 Å². The van der Waals surface area contributed by atoms with Gasteiger partial charge in [0.15, 0.2) is 0 Å². The minimum Gasteiger partial charge on any atom is -0.495 e. The SMILES string of the molecule is CCNCCNC(=O)c1ccc(S(=O)(=O)Nc2ccccc2OC)cc1.Cl. The molecule has 0 bridgehead atoms. The number of nitrogens with one attached hydrogen (secondary N) is 3. The molecule has 0 unspecified atom stereocenters. The first-order valence-corrected chi connectivity index (χ1v) is 9.71. The number of sulfonamides is 1. The Hall–Kier alpha value is -2.29. The molecule has 0 heterocycles. The summed E-state index contributed by atoms with van der Waals surface area (Å²) < 4.78 is 32.7. The topological polar surface area (TPSA) is 96.5 Å². The summed E-state index contributed by atoms with van der Waals surface area (Å²) in [7, 11) is -2.32. The lowest BCUT2D eigenvalue weighted by Crippen LogP contribution is -2.31. The van der Waals surface area contributed by atoms with Crippen molar-refractivity contribution in [2.75, 3.05) is 31.5 Å². The number of carbonyl (C=O) groups is 1. The third kappa shape index (κ3) is 6.42. The highest BCUT2D eigenvalue weighted by Gasteiger charge is 2.17. The molecule has 0 aromatic heterocycles. The minimum atomic E-state index is -3.78. The third-order valence-corrected chi connectivity index (χ3v) is 5.00. The van der Waals surface area contributed by atoms with Gasteiger partial charge in [-0.1, -0.05) is 19.1 Å². The van der Waals surface area contributed by atoms with E-state index in [-0.39, 0.29) is 23.2 Å². The number of rotatable bonds is 9. The maximum absolute atomic E-state index is 12.5. The molecule has 9 heteroatoms. The molecule has 0 saturated heterocycles. The Balaban J connectivity index is 0.00000364. The number of carbonyl (C=O) groups excluding carboxylic acids is 1. The minimum absolute atomic E-state index is 0. The van der Waals surface area contributed by atoms with E-state index in [1.54, 1.807) is 24.3 Å². The van der Waals surface area contributed by atoms with Crippen LogP contribution >= 0.6 is 12.4 Å². The lowest BCUT2D eigenvalue weighted by Gasteiger charge is -2.12. The van der Waals surface area contributed by atoms with Crippen LogP contribution < -0.4 is 20.1 Å². The van der Waals surface area contributed by atoms with Crippen molar-refractivity contribution < 1.29 is 17.9 Å². The van der Waals surface area contributed by atoms with Crippen molar-refractivity contribution in [1.29, 1.82) is 0 Å². The van der Waals surface area contributed by atoms with Crippen LogP contribution in [0.5, 0.6) is 5.75 Å². The first kappa shape index (κ1) is 22.8. The van der Waals surface area contributed by atoms with Crippen molar-refractivity contribution >= 4 is 34.0 Å². The molecule has 0 radical (unpaired) electrons. The molecule has 0 fully saturated rings. The Labute approximate surface area is 166 Å². The van der Waals surface area contributed by atoms with Crippen molar-refractivity contribution in [2.24, 2.45) is 0 Å². The molecule has 3 N–H and O–H groups in total. The smallest absolute Gasteiger partial charge is 0.262 e. The second-order valence-electron chi connectivity index (χ2n) is 5.44. The normalized spacial score (nSPS) is 10.6. The second-order valence-corrected chi connectivity index (χ2v) is 7.12. The zero-order valence-electron chi connectivity index (χ0n) is 15.2. The van der Waals surface area contributed by atoms with Crippen molar-refractivity contribution in [3.05, 3.63) is 54.1 Å². The van der Waals surface area contributed by atoms with Gasteiger partial charge in [0.1, 0.15) is 5.75 Å². The number of halogens is 1. The maximum atomic E-state index is 12.5. The van der Waals surface area contributed by atoms with Gasteiger partial charge >= 0.3 is 0 Å². The van der Waals surface area contributed by atoms with Crippen LogP contribution in [0.4, 0.5) is 5.69 Å². The Kier molecular flexibility index (Phi) is 9.07. The highest BCUT2D eigenvalue weighted by atomic mass is 35.5.